The normalized spacial score (nSPS) is 38.2. The lowest BCUT2D eigenvalue weighted by atomic mass is 9.99. The van der Waals surface area contributed by atoms with Crippen molar-refractivity contribution in [1.29, 1.82) is 0 Å². The lowest BCUT2D eigenvalue weighted by Crippen LogP contribution is -2.35. The van der Waals surface area contributed by atoms with Gasteiger partial charge in [-0.3, -0.25) is 4.57 Å². The topological polar surface area (TPSA) is 97.3 Å². The average molecular weight is 303 g/mol. The number of nitrogen functional groups attached to an aromatic ring is 1. The second-order valence-corrected chi connectivity index (χ2v) is 6.62. The fraction of sp³-hybridized carbons (Fsp3) is 0.643. The molecule has 0 spiro atoms. The Morgan fingerprint density at radius 3 is 2.77 bits per heavy atom. The van der Waals surface area contributed by atoms with Gasteiger partial charge in [-0.2, -0.15) is 0 Å². The number of hydrogen-bond acceptors (Lipinski definition) is 7. The third kappa shape index (κ3) is 1.40. The van der Waals surface area contributed by atoms with E-state index in [-0.39, 0.29) is 30.5 Å². The highest BCUT2D eigenvalue weighted by Gasteiger charge is 2.60. The number of imidazole rings is 1. The van der Waals surface area contributed by atoms with Crippen LogP contribution >= 0.6 is 0 Å². The first-order valence-electron chi connectivity index (χ1n) is 7.46. The van der Waals surface area contributed by atoms with Gasteiger partial charge in [-0.15, -0.1) is 0 Å². The molecule has 5 unspecified atom stereocenters. The van der Waals surface area contributed by atoms with Gasteiger partial charge in [0, 0.05) is 5.92 Å². The molecule has 0 amide bonds. The highest BCUT2D eigenvalue weighted by molar-refractivity contribution is 5.82. The largest absolute Gasteiger partial charge is 0.382 e. The Hall–Kier alpha value is -1.77. The molecule has 116 valence electrons. The van der Waals surface area contributed by atoms with Crippen LogP contribution in [0.5, 0.6) is 0 Å². The van der Waals surface area contributed by atoms with Gasteiger partial charge < -0.3 is 19.9 Å². The van der Waals surface area contributed by atoms with Gasteiger partial charge in [0.2, 0.25) is 0 Å². The van der Waals surface area contributed by atoms with Gasteiger partial charge in [0.05, 0.1) is 6.10 Å². The van der Waals surface area contributed by atoms with Crippen LogP contribution in [0.25, 0.3) is 11.2 Å². The van der Waals surface area contributed by atoms with E-state index < -0.39 is 5.79 Å². The zero-order valence-corrected chi connectivity index (χ0v) is 12.6. The number of anilines is 1. The molecule has 2 fully saturated rings. The van der Waals surface area contributed by atoms with Crippen molar-refractivity contribution in [3.63, 3.8) is 0 Å². The molecule has 0 radical (unpaired) electrons. The van der Waals surface area contributed by atoms with E-state index >= 15 is 0 Å². The van der Waals surface area contributed by atoms with Crippen molar-refractivity contribution in [3.05, 3.63) is 12.2 Å². The van der Waals surface area contributed by atoms with Crippen molar-refractivity contribution >= 4 is 17.0 Å². The number of rotatable bonds is 0. The SMILES string of the molecule is CC1c2nc3c(N)ncnc3n2C2OC1C1OC(C)(C)OC12. The first-order chi connectivity index (χ1) is 10.5. The zero-order chi connectivity index (χ0) is 15.2. The first-order valence-corrected chi connectivity index (χ1v) is 7.46. The molecule has 5 rings (SSSR count). The number of fused-ring (bicyclic) bond motifs is 9. The Bertz CT molecular complexity index is 788. The van der Waals surface area contributed by atoms with Crippen LogP contribution in [0.2, 0.25) is 0 Å². The van der Waals surface area contributed by atoms with Crippen molar-refractivity contribution in [2.45, 2.75) is 57.0 Å². The van der Waals surface area contributed by atoms with Crippen molar-refractivity contribution in [2.75, 3.05) is 5.73 Å². The van der Waals surface area contributed by atoms with Crippen molar-refractivity contribution < 1.29 is 14.2 Å². The number of nitrogens with two attached hydrogens (primary N) is 1. The maximum Gasteiger partial charge on any atom is 0.167 e. The maximum absolute atomic E-state index is 6.17. The Kier molecular flexibility index (Phi) is 2.18. The summed E-state index contributed by atoms with van der Waals surface area (Å²) in [7, 11) is 0. The summed E-state index contributed by atoms with van der Waals surface area (Å²) in [6.45, 7) is 5.94. The molecule has 0 aliphatic carbocycles. The van der Waals surface area contributed by atoms with Gasteiger partial charge in [0.1, 0.15) is 24.4 Å². The average Bonchev–Trinajstić information content (AvgIpc) is 3.06. The van der Waals surface area contributed by atoms with Crippen LogP contribution in [0.1, 0.15) is 38.7 Å². The highest BCUT2D eigenvalue weighted by atomic mass is 16.8. The molecule has 8 heteroatoms. The van der Waals surface area contributed by atoms with E-state index in [0.29, 0.717) is 17.0 Å². The van der Waals surface area contributed by atoms with Crippen LogP contribution in [-0.2, 0) is 14.2 Å². The number of aromatic nitrogens is 4. The van der Waals surface area contributed by atoms with E-state index in [1.165, 1.54) is 6.33 Å². The molecule has 2 aromatic rings. The Morgan fingerprint density at radius 1 is 1.18 bits per heavy atom. The number of nitrogens with zero attached hydrogens (tertiary/aromatic N) is 4. The smallest absolute Gasteiger partial charge is 0.167 e. The third-order valence-corrected chi connectivity index (χ3v) is 4.75. The molecule has 2 saturated heterocycles. The van der Waals surface area contributed by atoms with Gasteiger partial charge in [0.15, 0.2) is 29.0 Å². The monoisotopic (exact) mass is 303 g/mol. The van der Waals surface area contributed by atoms with E-state index in [0.717, 1.165) is 5.82 Å². The predicted molar refractivity (Wildman–Crippen MR) is 75.9 cm³/mol. The summed E-state index contributed by atoms with van der Waals surface area (Å²) < 4.78 is 20.3. The third-order valence-electron chi connectivity index (χ3n) is 4.75. The molecule has 8 nitrogen and oxygen atoms in total. The Morgan fingerprint density at radius 2 is 1.95 bits per heavy atom. The Balaban J connectivity index is 1.73. The lowest BCUT2D eigenvalue weighted by molar-refractivity contribution is -0.204. The fourth-order valence-electron chi connectivity index (χ4n) is 3.88. The van der Waals surface area contributed by atoms with Crippen LogP contribution in [0, 0.1) is 0 Å². The molecule has 22 heavy (non-hydrogen) atoms. The van der Waals surface area contributed by atoms with Gasteiger partial charge in [-0.1, -0.05) is 6.92 Å². The van der Waals surface area contributed by atoms with Crippen molar-refractivity contribution in [3.8, 4) is 0 Å². The minimum Gasteiger partial charge on any atom is -0.382 e. The molecular weight excluding hydrogens is 286 g/mol. The van der Waals surface area contributed by atoms with Crippen molar-refractivity contribution in [1.82, 2.24) is 19.5 Å². The zero-order valence-electron chi connectivity index (χ0n) is 12.6. The van der Waals surface area contributed by atoms with E-state index in [9.17, 15) is 0 Å². The quantitative estimate of drug-likeness (QED) is 0.773. The van der Waals surface area contributed by atoms with Crippen LogP contribution in [0.4, 0.5) is 5.82 Å². The molecule has 0 saturated carbocycles. The first kappa shape index (κ1) is 12.7. The minimum absolute atomic E-state index is 0.0670. The molecular formula is C14H17N5O3. The molecule has 2 bridgehead atoms. The predicted octanol–water partition coefficient (Wildman–Crippen LogP) is 0.943. The summed E-state index contributed by atoms with van der Waals surface area (Å²) in [5, 5.41) is 0. The molecule has 2 aromatic heterocycles. The molecule has 0 aromatic carbocycles. The summed E-state index contributed by atoms with van der Waals surface area (Å²) in [6.07, 6.45) is 0.826. The number of ether oxygens (including phenoxy) is 3. The van der Waals surface area contributed by atoms with E-state index in [2.05, 4.69) is 21.9 Å². The van der Waals surface area contributed by atoms with Gasteiger partial charge >= 0.3 is 0 Å². The van der Waals surface area contributed by atoms with Crippen LogP contribution < -0.4 is 5.73 Å². The highest BCUT2D eigenvalue weighted by Crippen LogP contribution is 2.51. The summed E-state index contributed by atoms with van der Waals surface area (Å²) >= 11 is 0. The Labute approximate surface area is 126 Å². The molecule has 3 aliphatic heterocycles. The molecule has 2 N–H and O–H groups in total. The van der Waals surface area contributed by atoms with Crippen molar-refractivity contribution in [2.24, 2.45) is 0 Å². The maximum atomic E-state index is 6.17. The molecule has 3 aliphatic rings. The van der Waals surface area contributed by atoms with E-state index in [1.54, 1.807) is 0 Å². The van der Waals surface area contributed by atoms with E-state index in [4.69, 9.17) is 19.9 Å². The summed E-state index contributed by atoms with van der Waals surface area (Å²) in [4.78, 5) is 13.0. The van der Waals surface area contributed by atoms with E-state index in [1.807, 2.05) is 18.4 Å². The second kappa shape index (κ2) is 3.76. The molecule has 5 heterocycles. The number of hydrogen-bond donors (Lipinski definition) is 1. The summed E-state index contributed by atoms with van der Waals surface area (Å²) in [5.41, 5.74) is 7.25. The van der Waals surface area contributed by atoms with Gasteiger partial charge in [-0.05, 0) is 13.8 Å². The van der Waals surface area contributed by atoms with Gasteiger partial charge in [-0.25, -0.2) is 15.0 Å². The fourth-order valence-corrected chi connectivity index (χ4v) is 3.88. The van der Waals surface area contributed by atoms with Crippen LogP contribution in [-0.4, -0.2) is 43.6 Å². The summed E-state index contributed by atoms with van der Waals surface area (Å²) in [6, 6.07) is 0. The second-order valence-electron chi connectivity index (χ2n) is 6.62. The lowest BCUT2D eigenvalue weighted by Gasteiger charge is -2.32. The van der Waals surface area contributed by atoms with Gasteiger partial charge in [0.25, 0.3) is 0 Å². The minimum atomic E-state index is -0.600. The summed E-state index contributed by atoms with van der Waals surface area (Å²) in [5.74, 6) is 0.757. The standard InChI is InChI=1S/C14H17N5O3/c1-5-7-8-9(22-14(2,3)21-8)13(20-7)19-11(5)18-6-10(15)16-4-17-12(6)19/h4-5,7-9,13H,1-3H3,(H2,15,16,17). The molecule has 5 atom stereocenters. The van der Waals surface area contributed by atoms with Crippen LogP contribution in [0.3, 0.4) is 0 Å². The van der Waals surface area contributed by atoms with Crippen LogP contribution in [0.15, 0.2) is 6.33 Å².